The van der Waals surface area contributed by atoms with Crippen LogP contribution in [0.2, 0.25) is 0 Å². The molecule has 0 saturated heterocycles. The van der Waals surface area contributed by atoms with Crippen LogP contribution in [-0.4, -0.2) is 39.0 Å². The fourth-order valence-corrected chi connectivity index (χ4v) is 19.3. The zero-order valence-electron chi connectivity index (χ0n) is 64.2. The first-order valence-electron chi connectivity index (χ1n) is 40.6. The monoisotopic (exact) mass is 1530 g/mol. The number of hydrogen-bond acceptors (Lipinski definition) is 8. The van der Waals surface area contributed by atoms with Gasteiger partial charge >= 0.3 is 0 Å². The standard InChI is InChI=1S/C110H62N8O2/c1-2-25-67(26-3-1)105-111-107(78-47-44-63-22-4-5-27-68(63)54-78)114-109(112-105)85-50-53-92(103-99(85)89-59-72-30-8-11-33-75(72)62-96(89)120-103)117-90-51-49-66-45-46-76(56-86(66)98(90)87-57-70-28-6-9-31-73(70)60-93(87)117)69-35-20-36-77(55-69)106-113-108(83-42-21-34-64-23-12-14-37-79(64)83)116-110(115-106)101-81-39-16-17-40-82(81)102(104-100(101)84-41-18-19-43-95(84)119-104)118-91-52-48-65-24-13-15-38-80(65)97(91)88-58-71-29-7-10-32-74(71)61-94(88)118/h1-62H. The molecule has 0 saturated carbocycles. The Hall–Kier alpha value is -16.3. The van der Waals surface area contributed by atoms with Gasteiger partial charge in [-0.15, -0.1) is 0 Å². The minimum Gasteiger partial charge on any atom is -0.454 e. The second-order valence-electron chi connectivity index (χ2n) is 31.5. The number of benzene rings is 20. The largest absolute Gasteiger partial charge is 0.454 e. The number of aromatic nitrogens is 8. The number of nitrogens with zero attached hydrogens (tertiary/aromatic N) is 8. The van der Waals surface area contributed by atoms with E-state index >= 15 is 0 Å². The molecule has 10 heteroatoms. The van der Waals surface area contributed by atoms with Crippen LogP contribution in [0.1, 0.15) is 0 Å². The van der Waals surface area contributed by atoms with Gasteiger partial charge in [0.1, 0.15) is 11.2 Å². The highest BCUT2D eigenvalue weighted by atomic mass is 16.3. The second-order valence-corrected chi connectivity index (χ2v) is 31.5. The first-order valence-corrected chi connectivity index (χ1v) is 40.6. The van der Waals surface area contributed by atoms with Crippen molar-refractivity contribution < 1.29 is 8.83 Å². The van der Waals surface area contributed by atoms with Crippen LogP contribution < -0.4 is 0 Å². The highest BCUT2D eigenvalue weighted by Crippen LogP contribution is 2.51. The number of para-hydroxylation sites is 1. The lowest BCUT2D eigenvalue weighted by Gasteiger charge is -2.17. The van der Waals surface area contributed by atoms with Crippen molar-refractivity contribution in [1.29, 1.82) is 0 Å². The molecule has 0 spiro atoms. The molecule has 0 fully saturated rings. The van der Waals surface area contributed by atoms with Gasteiger partial charge in [-0.3, -0.25) is 0 Å². The first kappa shape index (κ1) is 66.0. The third-order valence-electron chi connectivity index (χ3n) is 24.8. The topological polar surface area (TPSA) is 113 Å². The third-order valence-corrected chi connectivity index (χ3v) is 24.8. The van der Waals surface area contributed by atoms with Crippen LogP contribution in [0, 0.1) is 0 Å². The van der Waals surface area contributed by atoms with E-state index in [1.54, 1.807) is 0 Å². The van der Waals surface area contributed by atoms with Crippen molar-refractivity contribution in [3.05, 3.63) is 376 Å². The van der Waals surface area contributed by atoms with Gasteiger partial charge in [-0.05, 0) is 177 Å². The van der Waals surface area contributed by atoms with Crippen LogP contribution >= 0.6 is 0 Å². The zero-order valence-corrected chi connectivity index (χ0v) is 64.2. The smallest absolute Gasteiger partial charge is 0.165 e. The van der Waals surface area contributed by atoms with Gasteiger partial charge in [-0.25, -0.2) is 29.9 Å². The van der Waals surface area contributed by atoms with Crippen molar-refractivity contribution in [2.24, 2.45) is 0 Å². The van der Waals surface area contributed by atoms with E-state index in [-0.39, 0.29) is 0 Å². The first-order chi connectivity index (χ1) is 59.4. The van der Waals surface area contributed by atoms with E-state index in [0.717, 1.165) is 197 Å². The van der Waals surface area contributed by atoms with Gasteiger partial charge in [0.25, 0.3) is 0 Å². The second kappa shape index (κ2) is 25.6. The van der Waals surface area contributed by atoms with Crippen molar-refractivity contribution in [2.75, 3.05) is 0 Å². The van der Waals surface area contributed by atoms with Crippen LogP contribution in [0.3, 0.4) is 0 Å². The van der Waals surface area contributed by atoms with E-state index in [1.165, 1.54) is 26.9 Å². The summed E-state index contributed by atoms with van der Waals surface area (Å²) in [6.45, 7) is 0. The van der Waals surface area contributed by atoms with Crippen molar-refractivity contribution in [1.82, 2.24) is 39.0 Å². The zero-order chi connectivity index (χ0) is 78.4. The lowest BCUT2D eigenvalue weighted by atomic mass is 9.95. The molecule has 0 unspecified atom stereocenters. The lowest BCUT2D eigenvalue weighted by Crippen LogP contribution is -2.03. The Morgan fingerprint density at radius 3 is 1.37 bits per heavy atom. The summed E-state index contributed by atoms with van der Waals surface area (Å²) in [5.74, 6) is 3.32. The molecule has 0 bridgehead atoms. The number of hydrogen-bond donors (Lipinski definition) is 0. The Bertz CT molecular complexity index is 8960. The summed E-state index contributed by atoms with van der Waals surface area (Å²) < 4.78 is 19.7. The Balaban J connectivity index is 0.677. The van der Waals surface area contributed by atoms with Crippen LogP contribution in [-0.2, 0) is 0 Å². The molecule has 0 aliphatic rings. The summed E-state index contributed by atoms with van der Waals surface area (Å²) in [5.41, 5.74) is 16.3. The highest BCUT2D eigenvalue weighted by molar-refractivity contribution is 6.30. The van der Waals surface area contributed by atoms with Crippen LogP contribution in [0.5, 0.6) is 0 Å². The molecule has 26 rings (SSSR count). The predicted molar refractivity (Wildman–Crippen MR) is 495 cm³/mol. The summed E-state index contributed by atoms with van der Waals surface area (Å²) in [7, 11) is 0. The molecule has 0 N–H and O–H groups in total. The Morgan fingerprint density at radius 2 is 0.642 bits per heavy atom. The Kier molecular flexibility index (Phi) is 14.1. The maximum absolute atomic E-state index is 7.44. The summed E-state index contributed by atoms with van der Waals surface area (Å²) in [4.78, 5) is 33.1. The van der Waals surface area contributed by atoms with E-state index < -0.39 is 0 Å². The Morgan fingerprint density at radius 1 is 0.192 bits per heavy atom. The summed E-state index contributed by atoms with van der Waals surface area (Å²) >= 11 is 0. The van der Waals surface area contributed by atoms with Gasteiger partial charge < -0.3 is 18.0 Å². The van der Waals surface area contributed by atoms with E-state index in [1.807, 2.05) is 18.2 Å². The minimum atomic E-state index is 0.529. The molecule has 120 heavy (non-hydrogen) atoms. The van der Waals surface area contributed by atoms with E-state index in [9.17, 15) is 0 Å². The van der Waals surface area contributed by atoms with Crippen LogP contribution in [0.15, 0.2) is 385 Å². The van der Waals surface area contributed by atoms with Gasteiger partial charge in [0, 0.05) is 81.9 Å². The van der Waals surface area contributed by atoms with Gasteiger partial charge in [-0.1, -0.05) is 291 Å². The molecular weight excluding hydrogens is 1470 g/mol. The van der Waals surface area contributed by atoms with Crippen molar-refractivity contribution in [3.63, 3.8) is 0 Å². The van der Waals surface area contributed by atoms with Crippen LogP contribution in [0.25, 0.3) is 264 Å². The molecule has 0 aliphatic heterocycles. The molecule has 0 amide bonds. The normalized spacial score (nSPS) is 12.2. The Labute approximate surface area is 684 Å². The maximum Gasteiger partial charge on any atom is 0.165 e. The number of furan rings is 2. The van der Waals surface area contributed by atoms with Crippen molar-refractivity contribution in [2.45, 2.75) is 0 Å². The molecule has 554 valence electrons. The molecule has 6 heterocycles. The van der Waals surface area contributed by atoms with Gasteiger partial charge in [0.2, 0.25) is 0 Å². The third kappa shape index (κ3) is 10.0. The molecule has 6 aromatic heterocycles. The molecule has 0 aliphatic carbocycles. The molecule has 26 aromatic rings. The highest BCUT2D eigenvalue weighted by Gasteiger charge is 2.30. The average molecular weight is 1530 g/mol. The van der Waals surface area contributed by atoms with Gasteiger partial charge in [0.15, 0.2) is 46.1 Å². The summed E-state index contributed by atoms with van der Waals surface area (Å²) in [5, 5.41) is 26.0. The SMILES string of the molecule is c1ccc(-c2nc(-c3ccc4ccccc4c3)nc(-c3ccc(-n4c5cc6ccccc6cc5c5c6cc(-c7cccc(-c8nc(-c9cccc%10ccccc9%10)nc(-c9c%10ccccc%10c(-n%10c%11cc%12ccccc%12cc%11c%11c%12ccccc%12ccc%11%10)c%10oc%11ccccc%11c9%10)n8)c7)ccc6ccc54)c4oc5cc6ccccc6cc5c34)n2)cc1. The lowest BCUT2D eigenvalue weighted by molar-refractivity contribution is 0.666. The van der Waals surface area contributed by atoms with Crippen molar-refractivity contribution in [3.8, 4) is 90.8 Å². The van der Waals surface area contributed by atoms with E-state index in [0.29, 0.717) is 40.5 Å². The molecule has 20 aromatic carbocycles. The quantitative estimate of drug-likeness (QED) is 0.140. The summed E-state index contributed by atoms with van der Waals surface area (Å²) in [6, 6.07) is 135. The summed E-state index contributed by atoms with van der Waals surface area (Å²) in [6.07, 6.45) is 0. The number of fused-ring (bicyclic) bond motifs is 22. The minimum absolute atomic E-state index is 0.529. The molecule has 0 atom stereocenters. The van der Waals surface area contributed by atoms with Crippen LogP contribution in [0.4, 0.5) is 0 Å². The van der Waals surface area contributed by atoms with Gasteiger partial charge in [0.05, 0.1) is 33.4 Å². The van der Waals surface area contributed by atoms with E-state index in [4.69, 9.17) is 38.7 Å². The number of rotatable bonds is 9. The van der Waals surface area contributed by atoms with E-state index in [2.05, 4.69) is 367 Å². The molecule has 0 radical (unpaired) electrons. The fraction of sp³-hybridized carbons (Fsp3) is 0. The molecule has 10 nitrogen and oxygen atoms in total. The predicted octanol–water partition coefficient (Wildman–Crippen LogP) is 28.9. The van der Waals surface area contributed by atoms with Gasteiger partial charge in [-0.2, -0.15) is 0 Å². The van der Waals surface area contributed by atoms with Crippen molar-refractivity contribution >= 4 is 174 Å². The maximum atomic E-state index is 7.44. The fourth-order valence-electron chi connectivity index (χ4n) is 19.3. The molecular formula is C110H62N8O2. The average Bonchev–Trinajstić information content (AvgIpc) is 1.67.